The van der Waals surface area contributed by atoms with Gasteiger partial charge in [0.1, 0.15) is 0 Å². The van der Waals surface area contributed by atoms with Gasteiger partial charge in [-0.1, -0.05) is 48.9 Å². The fourth-order valence-electron chi connectivity index (χ4n) is 4.55. The van der Waals surface area contributed by atoms with Crippen LogP contribution in [0.4, 0.5) is 0 Å². The molecule has 0 spiro atoms. The zero-order chi connectivity index (χ0) is 16.7. The molecule has 24 heavy (non-hydrogen) atoms. The molecule has 2 atom stereocenters. The number of carboxylic acids is 1. The summed E-state index contributed by atoms with van der Waals surface area (Å²) in [6.45, 7) is 0.965. The molecule has 0 unspecified atom stereocenters. The SMILES string of the molecule is O=C(Cc1cccc2ccccc12)N1C[C@@H]2CCC[C@@]2(C(=O)O)C1. The van der Waals surface area contributed by atoms with Crippen LogP contribution in [0.5, 0.6) is 0 Å². The summed E-state index contributed by atoms with van der Waals surface area (Å²) < 4.78 is 0. The van der Waals surface area contributed by atoms with E-state index in [4.69, 9.17) is 0 Å². The molecule has 2 aliphatic rings. The lowest BCUT2D eigenvalue weighted by molar-refractivity contribution is -0.149. The summed E-state index contributed by atoms with van der Waals surface area (Å²) in [6.07, 6.45) is 2.92. The number of carboxylic acid groups (broad SMARTS) is 1. The second-order valence-corrected chi connectivity index (χ2v) is 7.14. The normalized spacial score (nSPS) is 25.8. The average Bonchev–Trinajstić information content (AvgIpc) is 3.13. The number of aliphatic carboxylic acids is 1. The van der Waals surface area contributed by atoms with Crippen LogP contribution in [0.2, 0.25) is 0 Å². The van der Waals surface area contributed by atoms with Crippen molar-refractivity contribution in [3.8, 4) is 0 Å². The molecule has 1 aliphatic heterocycles. The third kappa shape index (κ3) is 2.29. The summed E-state index contributed by atoms with van der Waals surface area (Å²) in [6, 6.07) is 14.1. The Morgan fingerprint density at radius 1 is 1.17 bits per heavy atom. The van der Waals surface area contributed by atoms with E-state index in [2.05, 4.69) is 0 Å². The van der Waals surface area contributed by atoms with E-state index >= 15 is 0 Å². The van der Waals surface area contributed by atoms with Crippen molar-refractivity contribution in [1.82, 2.24) is 4.90 Å². The van der Waals surface area contributed by atoms with E-state index in [-0.39, 0.29) is 11.8 Å². The maximum atomic E-state index is 12.8. The minimum Gasteiger partial charge on any atom is -0.481 e. The number of fused-ring (bicyclic) bond motifs is 2. The number of likely N-dealkylation sites (tertiary alicyclic amines) is 1. The van der Waals surface area contributed by atoms with Gasteiger partial charge in [0.15, 0.2) is 0 Å². The summed E-state index contributed by atoms with van der Waals surface area (Å²) in [5.41, 5.74) is 0.313. The molecular weight excluding hydrogens is 302 g/mol. The minimum absolute atomic E-state index is 0.0429. The van der Waals surface area contributed by atoms with E-state index in [1.165, 1.54) is 0 Å². The second kappa shape index (κ2) is 5.62. The third-order valence-electron chi connectivity index (χ3n) is 5.87. The first-order valence-electron chi connectivity index (χ1n) is 8.58. The molecule has 1 saturated heterocycles. The predicted octanol–water partition coefficient (Wildman–Crippen LogP) is 3.10. The fourth-order valence-corrected chi connectivity index (χ4v) is 4.55. The van der Waals surface area contributed by atoms with E-state index in [9.17, 15) is 14.7 Å². The Kier molecular flexibility index (Phi) is 3.56. The Bertz CT molecular complexity index is 810. The van der Waals surface area contributed by atoms with Crippen molar-refractivity contribution >= 4 is 22.6 Å². The van der Waals surface area contributed by atoms with Gasteiger partial charge in [-0.25, -0.2) is 0 Å². The van der Waals surface area contributed by atoms with Crippen LogP contribution in [-0.4, -0.2) is 35.0 Å². The molecule has 2 aromatic rings. The lowest BCUT2D eigenvalue weighted by atomic mass is 9.81. The van der Waals surface area contributed by atoms with Crippen LogP contribution in [0.1, 0.15) is 24.8 Å². The molecule has 4 rings (SSSR count). The number of benzene rings is 2. The highest BCUT2D eigenvalue weighted by Gasteiger charge is 2.55. The van der Waals surface area contributed by atoms with Gasteiger partial charge in [0.25, 0.3) is 0 Å². The van der Waals surface area contributed by atoms with Crippen molar-refractivity contribution in [3.63, 3.8) is 0 Å². The summed E-state index contributed by atoms with van der Waals surface area (Å²) in [5, 5.41) is 11.9. The molecule has 1 amide bonds. The van der Waals surface area contributed by atoms with Crippen molar-refractivity contribution < 1.29 is 14.7 Å². The lowest BCUT2D eigenvalue weighted by Crippen LogP contribution is -2.37. The number of carbonyl (C=O) groups is 2. The number of hydrogen-bond donors (Lipinski definition) is 1. The Morgan fingerprint density at radius 2 is 1.96 bits per heavy atom. The summed E-state index contributed by atoms with van der Waals surface area (Å²) in [4.78, 5) is 26.3. The average molecular weight is 323 g/mol. The van der Waals surface area contributed by atoms with E-state index < -0.39 is 11.4 Å². The third-order valence-corrected chi connectivity index (χ3v) is 5.87. The molecule has 4 nitrogen and oxygen atoms in total. The van der Waals surface area contributed by atoms with Crippen molar-refractivity contribution in [2.45, 2.75) is 25.7 Å². The second-order valence-electron chi connectivity index (χ2n) is 7.14. The largest absolute Gasteiger partial charge is 0.481 e. The van der Waals surface area contributed by atoms with E-state index in [1.807, 2.05) is 42.5 Å². The summed E-state index contributed by atoms with van der Waals surface area (Å²) in [5.74, 6) is -0.571. The highest BCUT2D eigenvalue weighted by Crippen LogP contribution is 2.49. The first-order valence-corrected chi connectivity index (χ1v) is 8.58. The molecular formula is C20H21NO3. The van der Waals surface area contributed by atoms with E-state index in [0.29, 0.717) is 25.9 Å². The number of hydrogen-bond acceptors (Lipinski definition) is 2. The van der Waals surface area contributed by atoms with E-state index in [0.717, 1.165) is 29.2 Å². The zero-order valence-electron chi connectivity index (χ0n) is 13.6. The van der Waals surface area contributed by atoms with Crippen LogP contribution in [0, 0.1) is 11.3 Å². The zero-order valence-corrected chi connectivity index (χ0v) is 13.6. The molecule has 4 heteroatoms. The molecule has 1 aliphatic carbocycles. The molecule has 124 valence electrons. The van der Waals surface area contributed by atoms with Gasteiger partial charge in [0.2, 0.25) is 5.91 Å². The number of rotatable bonds is 3. The summed E-state index contributed by atoms with van der Waals surface area (Å²) >= 11 is 0. The molecule has 2 aromatic carbocycles. The van der Waals surface area contributed by atoms with Gasteiger partial charge in [0, 0.05) is 13.1 Å². The maximum Gasteiger partial charge on any atom is 0.311 e. The van der Waals surface area contributed by atoms with Gasteiger partial charge in [0.05, 0.1) is 11.8 Å². The Hall–Kier alpha value is -2.36. The minimum atomic E-state index is -0.731. The van der Waals surface area contributed by atoms with Crippen molar-refractivity contribution in [2.75, 3.05) is 13.1 Å². The van der Waals surface area contributed by atoms with Crippen molar-refractivity contribution in [3.05, 3.63) is 48.0 Å². The topological polar surface area (TPSA) is 57.6 Å². The predicted molar refractivity (Wildman–Crippen MR) is 91.6 cm³/mol. The number of amides is 1. The highest BCUT2D eigenvalue weighted by molar-refractivity contribution is 5.90. The van der Waals surface area contributed by atoms with Crippen molar-refractivity contribution in [1.29, 1.82) is 0 Å². The monoisotopic (exact) mass is 323 g/mol. The van der Waals surface area contributed by atoms with Crippen LogP contribution >= 0.6 is 0 Å². The first kappa shape index (κ1) is 15.2. The molecule has 2 fully saturated rings. The molecule has 0 aromatic heterocycles. The molecule has 0 radical (unpaired) electrons. The number of nitrogens with zero attached hydrogens (tertiary/aromatic N) is 1. The molecule has 1 saturated carbocycles. The Labute approximate surface area is 141 Å². The van der Waals surface area contributed by atoms with E-state index in [1.54, 1.807) is 4.90 Å². The van der Waals surface area contributed by atoms with Crippen molar-refractivity contribution in [2.24, 2.45) is 11.3 Å². The molecule has 1 heterocycles. The Morgan fingerprint density at radius 3 is 2.75 bits per heavy atom. The first-order chi connectivity index (χ1) is 11.6. The highest BCUT2D eigenvalue weighted by atomic mass is 16.4. The standard InChI is InChI=1S/C20H21NO3/c22-18(11-15-7-3-6-14-5-1-2-9-17(14)15)21-12-16-8-4-10-20(16,13-21)19(23)24/h1-3,5-7,9,16H,4,8,10-13H2,(H,23,24)/t16-,20+/m0/s1. The smallest absolute Gasteiger partial charge is 0.311 e. The van der Waals surface area contributed by atoms with Gasteiger partial charge < -0.3 is 10.0 Å². The van der Waals surface area contributed by atoms with Gasteiger partial charge in [-0.3, -0.25) is 9.59 Å². The van der Waals surface area contributed by atoms with Gasteiger partial charge >= 0.3 is 5.97 Å². The van der Waals surface area contributed by atoms with Crippen LogP contribution in [0.15, 0.2) is 42.5 Å². The fraction of sp³-hybridized carbons (Fsp3) is 0.400. The van der Waals surface area contributed by atoms with Gasteiger partial charge in [-0.05, 0) is 35.1 Å². The maximum absolute atomic E-state index is 12.8. The molecule has 1 N–H and O–H groups in total. The van der Waals surface area contributed by atoms with Crippen LogP contribution < -0.4 is 0 Å². The quantitative estimate of drug-likeness (QED) is 0.944. The summed E-state index contributed by atoms with van der Waals surface area (Å²) in [7, 11) is 0. The lowest BCUT2D eigenvalue weighted by Gasteiger charge is -2.23. The van der Waals surface area contributed by atoms with Gasteiger partial charge in [-0.15, -0.1) is 0 Å². The molecule has 0 bridgehead atoms. The van der Waals surface area contributed by atoms with Gasteiger partial charge in [-0.2, -0.15) is 0 Å². The Balaban J connectivity index is 1.56. The van der Waals surface area contributed by atoms with Crippen LogP contribution in [0.3, 0.4) is 0 Å². The number of carbonyl (C=O) groups excluding carboxylic acids is 1. The van der Waals surface area contributed by atoms with Crippen LogP contribution in [0.25, 0.3) is 10.8 Å². The van der Waals surface area contributed by atoms with Crippen LogP contribution in [-0.2, 0) is 16.0 Å².